The lowest BCUT2D eigenvalue weighted by Crippen LogP contribution is -2.37. The predicted molar refractivity (Wildman–Crippen MR) is 53.9 cm³/mol. The standard InChI is InChI=1S/C7H18O2Si2/c1-4-6-8-11(3,9-10)7-5-2/h4H,1,5-7H2,2-3,10H3. The van der Waals surface area contributed by atoms with Crippen LogP contribution in [0.1, 0.15) is 13.3 Å². The lowest BCUT2D eigenvalue weighted by molar-refractivity contribution is 0.279. The summed E-state index contributed by atoms with van der Waals surface area (Å²) in [7, 11) is -0.974. The maximum atomic E-state index is 5.60. The molecule has 11 heavy (non-hydrogen) atoms. The molecule has 1 atom stereocenters. The van der Waals surface area contributed by atoms with Crippen LogP contribution >= 0.6 is 0 Å². The molecule has 0 fully saturated rings. The minimum absolute atomic E-state index is 0.630. The topological polar surface area (TPSA) is 18.5 Å². The molecule has 0 N–H and O–H groups in total. The first-order valence-corrected chi connectivity index (χ1v) is 7.32. The van der Waals surface area contributed by atoms with Crippen LogP contribution in [0, 0.1) is 0 Å². The largest absolute Gasteiger partial charge is 0.445 e. The summed E-state index contributed by atoms with van der Waals surface area (Å²) in [5.41, 5.74) is 0. The second-order valence-electron chi connectivity index (χ2n) is 2.69. The SMILES string of the molecule is C=CCO[Si](C)(CCC)O[SiH3]. The molecule has 0 aromatic carbocycles. The molecular formula is C7H18O2Si2. The summed E-state index contributed by atoms with van der Waals surface area (Å²) in [6, 6.07) is 1.09. The van der Waals surface area contributed by atoms with Crippen molar-refractivity contribution in [2.75, 3.05) is 6.61 Å². The lowest BCUT2D eigenvalue weighted by atomic mass is 10.6. The van der Waals surface area contributed by atoms with Gasteiger partial charge < -0.3 is 8.54 Å². The van der Waals surface area contributed by atoms with Gasteiger partial charge in [-0.1, -0.05) is 19.4 Å². The summed E-state index contributed by atoms with van der Waals surface area (Å²) in [4.78, 5) is 0. The molecule has 0 amide bonds. The smallest absolute Gasteiger partial charge is 0.324 e. The molecule has 0 aromatic rings. The van der Waals surface area contributed by atoms with Gasteiger partial charge in [0.15, 0.2) is 0 Å². The molecule has 0 heterocycles. The van der Waals surface area contributed by atoms with Gasteiger partial charge >= 0.3 is 8.56 Å². The van der Waals surface area contributed by atoms with Crippen LogP contribution in [0.25, 0.3) is 0 Å². The Morgan fingerprint density at radius 2 is 2.27 bits per heavy atom. The lowest BCUT2D eigenvalue weighted by Gasteiger charge is -2.24. The molecule has 0 aromatic heterocycles. The van der Waals surface area contributed by atoms with Crippen molar-refractivity contribution in [3.8, 4) is 0 Å². The van der Waals surface area contributed by atoms with E-state index in [-0.39, 0.29) is 0 Å². The van der Waals surface area contributed by atoms with Crippen LogP contribution in [-0.2, 0) is 8.54 Å². The molecule has 0 aliphatic heterocycles. The highest BCUT2D eigenvalue weighted by molar-refractivity contribution is 6.68. The van der Waals surface area contributed by atoms with E-state index in [1.165, 1.54) is 0 Å². The maximum Gasteiger partial charge on any atom is 0.324 e. The zero-order valence-electron chi connectivity index (χ0n) is 7.72. The monoisotopic (exact) mass is 190 g/mol. The first-order valence-electron chi connectivity index (χ1n) is 3.98. The second-order valence-corrected chi connectivity index (χ2v) is 7.38. The average Bonchev–Trinajstić information content (AvgIpc) is 2.02. The molecule has 2 nitrogen and oxygen atoms in total. The van der Waals surface area contributed by atoms with Crippen molar-refractivity contribution in [1.29, 1.82) is 0 Å². The van der Waals surface area contributed by atoms with Crippen molar-refractivity contribution in [3.05, 3.63) is 12.7 Å². The van der Waals surface area contributed by atoms with E-state index < -0.39 is 8.56 Å². The van der Waals surface area contributed by atoms with Crippen LogP contribution in [0.4, 0.5) is 0 Å². The Bertz CT molecular complexity index is 119. The fourth-order valence-corrected chi connectivity index (χ4v) is 3.73. The maximum absolute atomic E-state index is 5.60. The third-order valence-corrected chi connectivity index (χ3v) is 7.28. The molecular weight excluding hydrogens is 172 g/mol. The molecule has 0 radical (unpaired) electrons. The van der Waals surface area contributed by atoms with Crippen LogP contribution in [0.5, 0.6) is 0 Å². The van der Waals surface area contributed by atoms with Crippen molar-refractivity contribution in [1.82, 2.24) is 0 Å². The van der Waals surface area contributed by atoms with Gasteiger partial charge in [0.1, 0.15) is 10.5 Å². The quantitative estimate of drug-likeness (QED) is 0.459. The van der Waals surface area contributed by atoms with Crippen LogP contribution in [-0.4, -0.2) is 25.7 Å². The Hall–Kier alpha value is 0.0938. The van der Waals surface area contributed by atoms with Crippen LogP contribution in [0.3, 0.4) is 0 Å². The number of hydrogen-bond donors (Lipinski definition) is 0. The Morgan fingerprint density at radius 3 is 2.64 bits per heavy atom. The van der Waals surface area contributed by atoms with Crippen LogP contribution in [0.15, 0.2) is 12.7 Å². The number of rotatable bonds is 6. The van der Waals surface area contributed by atoms with E-state index in [1.807, 2.05) is 0 Å². The zero-order valence-corrected chi connectivity index (χ0v) is 10.7. The zero-order chi connectivity index (χ0) is 8.74. The van der Waals surface area contributed by atoms with Gasteiger partial charge in [-0.3, -0.25) is 0 Å². The van der Waals surface area contributed by atoms with Gasteiger partial charge in [0, 0.05) is 0 Å². The van der Waals surface area contributed by atoms with Crippen LogP contribution < -0.4 is 0 Å². The summed E-state index contributed by atoms with van der Waals surface area (Å²) < 4.78 is 11.1. The van der Waals surface area contributed by atoms with Gasteiger partial charge in [-0.05, 0) is 12.6 Å². The summed E-state index contributed by atoms with van der Waals surface area (Å²) >= 11 is 0. The molecule has 0 aliphatic rings. The van der Waals surface area contributed by atoms with E-state index in [4.69, 9.17) is 8.54 Å². The molecule has 1 unspecified atom stereocenters. The molecule has 0 aliphatic carbocycles. The van der Waals surface area contributed by atoms with Gasteiger partial charge in [0.2, 0.25) is 0 Å². The van der Waals surface area contributed by atoms with Gasteiger partial charge in [0.05, 0.1) is 6.61 Å². The van der Waals surface area contributed by atoms with Crippen molar-refractivity contribution < 1.29 is 8.54 Å². The normalized spacial score (nSPS) is 16.2. The van der Waals surface area contributed by atoms with E-state index in [2.05, 4.69) is 20.0 Å². The highest BCUT2D eigenvalue weighted by atomic mass is 28.4. The van der Waals surface area contributed by atoms with Crippen molar-refractivity contribution in [2.45, 2.75) is 25.9 Å². The first-order chi connectivity index (χ1) is 5.18. The second kappa shape index (κ2) is 5.71. The molecule has 0 saturated heterocycles. The van der Waals surface area contributed by atoms with E-state index in [1.54, 1.807) is 6.08 Å². The van der Waals surface area contributed by atoms with Gasteiger partial charge in [-0.2, -0.15) is 0 Å². The van der Waals surface area contributed by atoms with Gasteiger partial charge in [-0.15, -0.1) is 6.58 Å². The average molecular weight is 190 g/mol. The van der Waals surface area contributed by atoms with Gasteiger partial charge in [-0.25, -0.2) is 0 Å². The van der Waals surface area contributed by atoms with Gasteiger partial charge in [0.25, 0.3) is 0 Å². The molecule has 0 rings (SSSR count). The van der Waals surface area contributed by atoms with Crippen molar-refractivity contribution in [3.63, 3.8) is 0 Å². The number of hydrogen-bond acceptors (Lipinski definition) is 2. The molecule has 0 bridgehead atoms. The van der Waals surface area contributed by atoms with Crippen molar-refractivity contribution >= 4 is 19.0 Å². The van der Waals surface area contributed by atoms with E-state index in [9.17, 15) is 0 Å². The van der Waals surface area contributed by atoms with Crippen LogP contribution in [0.2, 0.25) is 12.6 Å². The molecule has 66 valence electrons. The summed E-state index contributed by atoms with van der Waals surface area (Å²) in [6.07, 6.45) is 2.92. The summed E-state index contributed by atoms with van der Waals surface area (Å²) in [5.74, 6) is 0. The first kappa shape index (κ1) is 11.1. The third-order valence-electron chi connectivity index (χ3n) is 1.64. The van der Waals surface area contributed by atoms with E-state index >= 15 is 0 Å². The Labute approximate surface area is 73.4 Å². The highest BCUT2D eigenvalue weighted by Gasteiger charge is 2.27. The fourth-order valence-electron chi connectivity index (χ4n) is 0.922. The minimum atomic E-state index is -1.75. The molecule has 0 saturated carbocycles. The Balaban J connectivity index is 3.76. The summed E-state index contributed by atoms with van der Waals surface area (Å²) in [5, 5.41) is 0. The third kappa shape index (κ3) is 4.52. The Kier molecular flexibility index (Phi) is 5.76. The Morgan fingerprint density at radius 1 is 1.64 bits per heavy atom. The molecule has 0 spiro atoms. The highest BCUT2D eigenvalue weighted by Crippen LogP contribution is 2.13. The van der Waals surface area contributed by atoms with E-state index in [0.717, 1.165) is 23.0 Å². The fraction of sp³-hybridized carbons (Fsp3) is 0.714. The van der Waals surface area contributed by atoms with Crippen molar-refractivity contribution in [2.24, 2.45) is 0 Å². The van der Waals surface area contributed by atoms with E-state index in [0.29, 0.717) is 6.61 Å². The summed E-state index contributed by atoms with van der Waals surface area (Å²) in [6.45, 7) is 8.52. The molecule has 4 heteroatoms. The minimum Gasteiger partial charge on any atom is -0.445 e. The predicted octanol–water partition coefficient (Wildman–Crippen LogP) is 0.968.